The van der Waals surface area contributed by atoms with Crippen LogP contribution in [-0.2, 0) is 13.1 Å². The smallest absolute Gasteiger partial charge is 0.118 e. The van der Waals surface area contributed by atoms with Crippen molar-refractivity contribution < 1.29 is 4.74 Å². The highest BCUT2D eigenvalue weighted by Crippen LogP contribution is 2.17. The van der Waals surface area contributed by atoms with Crippen LogP contribution in [0.2, 0.25) is 5.02 Å². The van der Waals surface area contributed by atoms with Gasteiger partial charge < -0.3 is 10.1 Å². The van der Waals surface area contributed by atoms with E-state index in [0.29, 0.717) is 0 Å². The zero-order valence-corrected chi connectivity index (χ0v) is 12.0. The van der Waals surface area contributed by atoms with Crippen molar-refractivity contribution in [2.75, 3.05) is 7.11 Å². The maximum atomic E-state index is 6.19. The first-order valence-corrected chi connectivity index (χ1v) is 6.65. The summed E-state index contributed by atoms with van der Waals surface area (Å²) in [4.78, 5) is 0. The molecule has 0 aromatic heterocycles. The molecule has 0 saturated carbocycles. The van der Waals surface area contributed by atoms with E-state index < -0.39 is 0 Å². The van der Waals surface area contributed by atoms with E-state index in [9.17, 15) is 0 Å². The van der Waals surface area contributed by atoms with Crippen molar-refractivity contribution in [3.8, 4) is 5.75 Å². The van der Waals surface area contributed by atoms with Gasteiger partial charge >= 0.3 is 0 Å². The Morgan fingerprint density at radius 3 is 2.42 bits per heavy atom. The van der Waals surface area contributed by atoms with Gasteiger partial charge in [-0.05, 0) is 41.8 Å². The summed E-state index contributed by atoms with van der Waals surface area (Å²) in [7, 11) is 1.67. The van der Waals surface area contributed by atoms with Crippen molar-refractivity contribution in [1.29, 1.82) is 0 Å². The number of benzene rings is 2. The molecule has 0 aliphatic carbocycles. The molecule has 0 bridgehead atoms. The van der Waals surface area contributed by atoms with E-state index in [1.807, 2.05) is 25.1 Å². The van der Waals surface area contributed by atoms with Gasteiger partial charge in [0.2, 0.25) is 0 Å². The van der Waals surface area contributed by atoms with Gasteiger partial charge in [-0.2, -0.15) is 0 Å². The first kappa shape index (κ1) is 13.9. The minimum absolute atomic E-state index is 0.769. The SMILES string of the molecule is COc1ccc(CNCc2ccc(C)cc2Cl)cc1. The Bertz CT molecular complexity index is 537. The van der Waals surface area contributed by atoms with Crippen LogP contribution < -0.4 is 10.1 Å². The Balaban J connectivity index is 1.88. The number of aryl methyl sites for hydroxylation is 1. The second-order valence-electron chi connectivity index (χ2n) is 4.55. The highest BCUT2D eigenvalue weighted by Gasteiger charge is 2.00. The van der Waals surface area contributed by atoms with Gasteiger partial charge in [-0.15, -0.1) is 0 Å². The maximum absolute atomic E-state index is 6.19. The van der Waals surface area contributed by atoms with Gasteiger partial charge in [0.25, 0.3) is 0 Å². The molecule has 2 aromatic rings. The summed E-state index contributed by atoms with van der Waals surface area (Å²) >= 11 is 6.19. The summed E-state index contributed by atoms with van der Waals surface area (Å²) in [5, 5.41) is 4.21. The second-order valence-corrected chi connectivity index (χ2v) is 4.95. The Hall–Kier alpha value is -1.51. The predicted octanol–water partition coefficient (Wildman–Crippen LogP) is 3.95. The molecule has 0 fully saturated rings. The molecule has 19 heavy (non-hydrogen) atoms. The molecular weight excluding hydrogens is 258 g/mol. The zero-order chi connectivity index (χ0) is 13.7. The summed E-state index contributed by atoms with van der Waals surface area (Å²) in [6.45, 7) is 3.62. The van der Waals surface area contributed by atoms with E-state index in [-0.39, 0.29) is 0 Å². The van der Waals surface area contributed by atoms with Crippen LogP contribution >= 0.6 is 11.6 Å². The van der Waals surface area contributed by atoms with E-state index >= 15 is 0 Å². The fourth-order valence-corrected chi connectivity index (χ4v) is 2.18. The first-order chi connectivity index (χ1) is 9.19. The minimum atomic E-state index is 0.769. The molecule has 2 nitrogen and oxygen atoms in total. The molecular formula is C16H18ClNO. The normalized spacial score (nSPS) is 10.5. The van der Waals surface area contributed by atoms with Gasteiger partial charge in [0.15, 0.2) is 0 Å². The number of hydrogen-bond acceptors (Lipinski definition) is 2. The number of nitrogens with one attached hydrogen (secondary N) is 1. The van der Waals surface area contributed by atoms with Gasteiger partial charge in [-0.25, -0.2) is 0 Å². The molecule has 2 aromatic carbocycles. The van der Waals surface area contributed by atoms with Crippen LogP contribution in [0.3, 0.4) is 0 Å². The van der Waals surface area contributed by atoms with Crippen molar-refractivity contribution in [2.24, 2.45) is 0 Å². The number of ether oxygens (including phenoxy) is 1. The van der Waals surface area contributed by atoms with Crippen molar-refractivity contribution in [3.63, 3.8) is 0 Å². The van der Waals surface area contributed by atoms with Crippen LogP contribution in [-0.4, -0.2) is 7.11 Å². The third-order valence-corrected chi connectivity index (χ3v) is 3.36. The van der Waals surface area contributed by atoms with E-state index in [1.54, 1.807) is 7.11 Å². The molecule has 0 radical (unpaired) electrons. The summed E-state index contributed by atoms with van der Waals surface area (Å²) in [5.41, 5.74) is 3.54. The van der Waals surface area contributed by atoms with Crippen molar-refractivity contribution in [1.82, 2.24) is 5.32 Å². The quantitative estimate of drug-likeness (QED) is 0.892. The van der Waals surface area contributed by atoms with Gasteiger partial charge in [-0.1, -0.05) is 35.9 Å². The molecule has 0 aliphatic heterocycles. The van der Waals surface area contributed by atoms with Crippen LogP contribution in [0, 0.1) is 6.92 Å². The summed E-state index contributed by atoms with van der Waals surface area (Å²) < 4.78 is 5.13. The van der Waals surface area contributed by atoms with E-state index in [1.165, 1.54) is 11.1 Å². The highest BCUT2D eigenvalue weighted by molar-refractivity contribution is 6.31. The van der Waals surface area contributed by atoms with Crippen LogP contribution in [0.5, 0.6) is 5.75 Å². The lowest BCUT2D eigenvalue weighted by Crippen LogP contribution is -2.12. The third-order valence-electron chi connectivity index (χ3n) is 3.01. The van der Waals surface area contributed by atoms with E-state index in [2.05, 4.69) is 29.6 Å². The molecule has 0 aliphatic rings. The molecule has 3 heteroatoms. The average molecular weight is 276 g/mol. The lowest BCUT2D eigenvalue weighted by atomic mass is 10.1. The molecule has 0 spiro atoms. The Kier molecular flexibility index (Phi) is 4.83. The molecule has 0 amide bonds. The second kappa shape index (κ2) is 6.60. The standard InChI is InChI=1S/C16H18ClNO/c1-12-3-6-14(16(17)9-12)11-18-10-13-4-7-15(19-2)8-5-13/h3-9,18H,10-11H2,1-2H3. The molecule has 0 saturated heterocycles. The predicted molar refractivity (Wildman–Crippen MR) is 79.7 cm³/mol. The average Bonchev–Trinajstić information content (AvgIpc) is 2.42. The van der Waals surface area contributed by atoms with Crippen molar-refractivity contribution in [3.05, 3.63) is 64.2 Å². The third kappa shape index (κ3) is 3.98. The maximum Gasteiger partial charge on any atom is 0.118 e. The molecule has 100 valence electrons. The van der Waals surface area contributed by atoms with Crippen LogP contribution in [0.15, 0.2) is 42.5 Å². The Morgan fingerprint density at radius 1 is 1.05 bits per heavy atom. The van der Waals surface area contributed by atoms with Crippen molar-refractivity contribution >= 4 is 11.6 Å². The fourth-order valence-electron chi connectivity index (χ4n) is 1.88. The fraction of sp³-hybridized carbons (Fsp3) is 0.250. The Morgan fingerprint density at radius 2 is 1.79 bits per heavy atom. The van der Waals surface area contributed by atoms with E-state index in [4.69, 9.17) is 16.3 Å². The largest absolute Gasteiger partial charge is 0.497 e. The van der Waals surface area contributed by atoms with Crippen molar-refractivity contribution in [2.45, 2.75) is 20.0 Å². The zero-order valence-electron chi connectivity index (χ0n) is 11.2. The molecule has 0 atom stereocenters. The van der Waals surface area contributed by atoms with Gasteiger partial charge in [0, 0.05) is 18.1 Å². The summed E-state index contributed by atoms with van der Waals surface area (Å²) in [6, 6.07) is 14.2. The minimum Gasteiger partial charge on any atom is -0.497 e. The number of halogens is 1. The van der Waals surface area contributed by atoms with Crippen LogP contribution in [0.4, 0.5) is 0 Å². The molecule has 2 rings (SSSR count). The van der Waals surface area contributed by atoms with Crippen LogP contribution in [0.1, 0.15) is 16.7 Å². The highest BCUT2D eigenvalue weighted by atomic mass is 35.5. The summed E-state index contributed by atoms with van der Waals surface area (Å²) in [5.74, 6) is 0.880. The lowest BCUT2D eigenvalue weighted by Gasteiger charge is -2.08. The first-order valence-electron chi connectivity index (χ1n) is 6.27. The van der Waals surface area contributed by atoms with Gasteiger partial charge in [0.1, 0.15) is 5.75 Å². The topological polar surface area (TPSA) is 21.3 Å². The van der Waals surface area contributed by atoms with Gasteiger partial charge in [-0.3, -0.25) is 0 Å². The molecule has 0 heterocycles. The number of rotatable bonds is 5. The number of hydrogen-bond donors (Lipinski definition) is 1. The van der Waals surface area contributed by atoms with Crippen LogP contribution in [0.25, 0.3) is 0 Å². The molecule has 1 N–H and O–H groups in total. The lowest BCUT2D eigenvalue weighted by molar-refractivity contribution is 0.414. The number of methoxy groups -OCH3 is 1. The van der Waals surface area contributed by atoms with E-state index in [0.717, 1.165) is 29.4 Å². The Labute approximate surface area is 119 Å². The summed E-state index contributed by atoms with van der Waals surface area (Å²) in [6.07, 6.45) is 0. The van der Waals surface area contributed by atoms with Gasteiger partial charge in [0.05, 0.1) is 7.11 Å². The molecule has 0 unspecified atom stereocenters. The monoisotopic (exact) mass is 275 g/mol.